The SMILES string of the molecule is CC(C)CCC[C@@H](C)[C@H]1CC[C@H]2[C@@H]3CC=C4C[C@@H](OC(=O)NCCCNC(=O)OC(C)(C)C)CC[C@]4(C)[C@H]3CC[C@]12C. The average Bonchev–Trinajstić information content (AvgIpc) is 3.24. The highest BCUT2D eigenvalue weighted by Crippen LogP contribution is 2.67. The summed E-state index contributed by atoms with van der Waals surface area (Å²) in [7, 11) is 0. The van der Waals surface area contributed by atoms with Gasteiger partial charge < -0.3 is 20.1 Å². The van der Waals surface area contributed by atoms with Gasteiger partial charge in [0, 0.05) is 19.5 Å². The number of fused-ring (bicyclic) bond motifs is 5. The Labute approximate surface area is 256 Å². The number of ether oxygens (including phenoxy) is 2. The zero-order valence-electron chi connectivity index (χ0n) is 28.2. The van der Waals surface area contributed by atoms with Gasteiger partial charge in [-0.2, -0.15) is 0 Å². The van der Waals surface area contributed by atoms with Gasteiger partial charge in [-0.15, -0.1) is 0 Å². The van der Waals surface area contributed by atoms with E-state index in [1.807, 2.05) is 20.8 Å². The normalized spacial score (nSPS) is 34.9. The lowest BCUT2D eigenvalue weighted by Crippen LogP contribution is -2.51. The first-order valence-corrected chi connectivity index (χ1v) is 17.3. The third-order valence-electron chi connectivity index (χ3n) is 11.8. The quantitative estimate of drug-likeness (QED) is 0.198. The van der Waals surface area contributed by atoms with Gasteiger partial charge in [-0.3, -0.25) is 0 Å². The number of alkyl carbamates (subject to hydrolysis) is 2. The summed E-state index contributed by atoms with van der Waals surface area (Å²) < 4.78 is 11.1. The molecule has 0 radical (unpaired) electrons. The van der Waals surface area contributed by atoms with E-state index in [2.05, 4.69) is 51.3 Å². The number of nitrogens with one attached hydrogen (secondary N) is 2. The van der Waals surface area contributed by atoms with Crippen molar-refractivity contribution in [1.29, 1.82) is 0 Å². The molecule has 3 fully saturated rings. The van der Waals surface area contributed by atoms with E-state index in [4.69, 9.17) is 9.47 Å². The number of allylic oxidation sites excluding steroid dienone is 1. The zero-order valence-corrected chi connectivity index (χ0v) is 28.2. The fourth-order valence-corrected chi connectivity index (χ4v) is 9.73. The number of carbonyl (C=O) groups excluding carboxylic acids is 2. The standard InChI is InChI=1S/C36H62N2O4/c1-24(2)11-9-12-25(3)29-15-16-30-28-14-13-26-23-27(17-19-35(26,7)31(28)18-20-36(29,30)8)41-32(39)37-21-10-22-38-33(40)42-34(4,5)6/h13,24-25,27-31H,9-12,14-23H2,1-8H3,(H,37,39)(H,38,40)/t25-,27+,28+,29-,30+,31+,35+,36-/m1/s1. The van der Waals surface area contributed by atoms with Crippen LogP contribution in [0.5, 0.6) is 0 Å². The molecular weight excluding hydrogens is 524 g/mol. The first-order chi connectivity index (χ1) is 19.7. The van der Waals surface area contributed by atoms with E-state index in [9.17, 15) is 9.59 Å². The van der Waals surface area contributed by atoms with Crippen molar-refractivity contribution in [3.05, 3.63) is 11.6 Å². The molecule has 4 aliphatic carbocycles. The van der Waals surface area contributed by atoms with Crippen LogP contribution in [-0.2, 0) is 9.47 Å². The molecule has 2 amide bonds. The van der Waals surface area contributed by atoms with E-state index in [0.29, 0.717) is 24.9 Å². The summed E-state index contributed by atoms with van der Waals surface area (Å²) in [5.74, 6) is 5.02. The third-order valence-corrected chi connectivity index (χ3v) is 11.8. The second-order valence-electron chi connectivity index (χ2n) is 16.3. The Bertz CT molecular complexity index is 970. The minimum absolute atomic E-state index is 0.0443. The van der Waals surface area contributed by atoms with E-state index in [1.165, 1.54) is 51.4 Å². The predicted molar refractivity (Wildman–Crippen MR) is 170 cm³/mol. The van der Waals surface area contributed by atoms with Crippen LogP contribution < -0.4 is 10.6 Å². The maximum absolute atomic E-state index is 12.5. The number of hydrogen-bond acceptors (Lipinski definition) is 4. The molecule has 0 aromatic rings. The Morgan fingerprint density at radius 1 is 0.929 bits per heavy atom. The Balaban J connectivity index is 1.25. The first-order valence-electron chi connectivity index (χ1n) is 17.3. The van der Waals surface area contributed by atoms with Gasteiger partial charge in [0.25, 0.3) is 0 Å². The van der Waals surface area contributed by atoms with Crippen LogP contribution in [0.1, 0.15) is 132 Å². The van der Waals surface area contributed by atoms with E-state index in [-0.39, 0.29) is 17.6 Å². The molecule has 0 spiro atoms. The van der Waals surface area contributed by atoms with Gasteiger partial charge >= 0.3 is 12.2 Å². The highest BCUT2D eigenvalue weighted by Gasteiger charge is 2.59. The molecule has 6 heteroatoms. The zero-order chi connectivity index (χ0) is 30.7. The molecule has 3 saturated carbocycles. The summed E-state index contributed by atoms with van der Waals surface area (Å²) in [6, 6.07) is 0. The van der Waals surface area contributed by atoms with Gasteiger partial charge in [0.1, 0.15) is 11.7 Å². The van der Waals surface area contributed by atoms with Crippen molar-refractivity contribution in [2.24, 2.45) is 46.3 Å². The number of amides is 2. The Morgan fingerprint density at radius 3 is 2.33 bits per heavy atom. The Hall–Kier alpha value is -1.72. The molecule has 0 heterocycles. The van der Waals surface area contributed by atoms with Crippen LogP contribution >= 0.6 is 0 Å². The number of rotatable bonds is 10. The molecule has 0 aromatic heterocycles. The molecule has 2 N–H and O–H groups in total. The molecule has 0 saturated heterocycles. The number of hydrogen-bond donors (Lipinski definition) is 2. The summed E-state index contributed by atoms with van der Waals surface area (Å²) in [4.78, 5) is 24.3. The van der Waals surface area contributed by atoms with Crippen LogP contribution in [-0.4, -0.2) is 37.0 Å². The predicted octanol–water partition coefficient (Wildman–Crippen LogP) is 9.04. The van der Waals surface area contributed by atoms with Crippen molar-refractivity contribution in [3.63, 3.8) is 0 Å². The summed E-state index contributed by atoms with van der Waals surface area (Å²) in [5.41, 5.74) is 1.81. The van der Waals surface area contributed by atoms with Crippen LogP contribution in [0.2, 0.25) is 0 Å². The molecule has 8 atom stereocenters. The fraction of sp³-hybridized carbons (Fsp3) is 0.889. The van der Waals surface area contributed by atoms with Crippen LogP contribution in [0.25, 0.3) is 0 Å². The topological polar surface area (TPSA) is 76.7 Å². The summed E-state index contributed by atoms with van der Waals surface area (Å²) in [6.07, 6.45) is 16.3. The second-order valence-corrected chi connectivity index (χ2v) is 16.3. The van der Waals surface area contributed by atoms with Crippen LogP contribution in [0.3, 0.4) is 0 Å². The van der Waals surface area contributed by atoms with Gasteiger partial charge in [0.05, 0.1) is 0 Å². The Kier molecular flexibility index (Phi) is 10.7. The van der Waals surface area contributed by atoms with Gasteiger partial charge in [0.15, 0.2) is 0 Å². The maximum Gasteiger partial charge on any atom is 0.407 e. The summed E-state index contributed by atoms with van der Waals surface area (Å²) in [5, 5.41) is 5.59. The van der Waals surface area contributed by atoms with Gasteiger partial charge in [-0.05, 0) is 118 Å². The lowest BCUT2D eigenvalue weighted by molar-refractivity contribution is -0.0581. The van der Waals surface area contributed by atoms with Crippen molar-refractivity contribution >= 4 is 12.2 Å². The molecule has 0 aromatic carbocycles. The van der Waals surface area contributed by atoms with E-state index in [0.717, 1.165) is 54.8 Å². The van der Waals surface area contributed by atoms with Gasteiger partial charge in [-0.25, -0.2) is 9.59 Å². The van der Waals surface area contributed by atoms with E-state index >= 15 is 0 Å². The molecule has 4 rings (SSSR count). The highest BCUT2D eigenvalue weighted by molar-refractivity contribution is 5.68. The van der Waals surface area contributed by atoms with Crippen LogP contribution in [0, 0.1) is 46.3 Å². The minimum Gasteiger partial charge on any atom is -0.446 e. The van der Waals surface area contributed by atoms with Crippen molar-refractivity contribution in [1.82, 2.24) is 10.6 Å². The van der Waals surface area contributed by atoms with Crippen LogP contribution in [0.4, 0.5) is 9.59 Å². The monoisotopic (exact) mass is 586 g/mol. The minimum atomic E-state index is -0.515. The average molecular weight is 587 g/mol. The van der Waals surface area contributed by atoms with E-state index < -0.39 is 11.7 Å². The molecule has 0 unspecified atom stereocenters. The maximum atomic E-state index is 12.5. The molecule has 42 heavy (non-hydrogen) atoms. The summed E-state index contributed by atoms with van der Waals surface area (Å²) >= 11 is 0. The molecular formula is C36H62N2O4. The van der Waals surface area contributed by atoms with Gasteiger partial charge in [0.2, 0.25) is 0 Å². The lowest BCUT2D eigenvalue weighted by Gasteiger charge is -2.58. The molecule has 6 nitrogen and oxygen atoms in total. The van der Waals surface area contributed by atoms with Crippen molar-refractivity contribution < 1.29 is 19.1 Å². The Morgan fingerprint density at radius 2 is 1.64 bits per heavy atom. The number of carbonyl (C=O) groups is 2. The van der Waals surface area contributed by atoms with Gasteiger partial charge in [-0.1, -0.05) is 65.5 Å². The highest BCUT2D eigenvalue weighted by atomic mass is 16.6. The smallest absolute Gasteiger partial charge is 0.407 e. The van der Waals surface area contributed by atoms with Crippen molar-refractivity contribution in [2.75, 3.05) is 13.1 Å². The molecule has 4 aliphatic rings. The first kappa shape index (κ1) is 33.2. The summed E-state index contributed by atoms with van der Waals surface area (Å²) in [6.45, 7) is 18.9. The third kappa shape index (κ3) is 7.67. The fourth-order valence-electron chi connectivity index (χ4n) is 9.73. The van der Waals surface area contributed by atoms with E-state index in [1.54, 1.807) is 5.57 Å². The molecule has 0 bridgehead atoms. The van der Waals surface area contributed by atoms with Crippen molar-refractivity contribution in [3.8, 4) is 0 Å². The van der Waals surface area contributed by atoms with Crippen LogP contribution in [0.15, 0.2) is 11.6 Å². The molecule has 0 aliphatic heterocycles. The second kappa shape index (κ2) is 13.5. The molecule has 240 valence electrons. The largest absolute Gasteiger partial charge is 0.446 e. The lowest BCUT2D eigenvalue weighted by atomic mass is 9.47. The van der Waals surface area contributed by atoms with Crippen molar-refractivity contribution in [2.45, 2.75) is 144 Å².